The Morgan fingerprint density at radius 1 is 1.29 bits per heavy atom. The third-order valence-electron chi connectivity index (χ3n) is 4.38. The van der Waals surface area contributed by atoms with Gasteiger partial charge >= 0.3 is 0 Å². The van der Waals surface area contributed by atoms with E-state index in [2.05, 4.69) is 20.6 Å². The Hall–Kier alpha value is -2.34. The van der Waals surface area contributed by atoms with Gasteiger partial charge in [-0.15, -0.1) is 0 Å². The summed E-state index contributed by atoms with van der Waals surface area (Å²) in [5.41, 5.74) is 1.71. The summed E-state index contributed by atoms with van der Waals surface area (Å²) >= 11 is 0. The van der Waals surface area contributed by atoms with E-state index in [-0.39, 0.29) is 18.3 Å². The number of nitrogens with zero attached hydrogens (tertiary/aromatic N) is 2. The SMILES string of the molecule is O=C(NCc1ccccc1F)c1cncnc1CC1CCNCC1. The van der Waals surface area contributed by atoms with E-state index in [1.54, 1.807) is 24.4 Å². The van der Waals surface area contributed by atoms with Crippen LogP contribution >= 0.6 is 0 Å². The zero-order valence-electron chi connectivity index (χ0n) is 13.5. The van der Waals surface area contributed by atoms with Crippen molar-refractivity contribution in [2.45, 2.75) is 25.8 Å². The first-order valence-corrected chi connectivity index (χ1v) is 8.25. The van der Waals surface area contributed by atoms with Crippen LogP contribution in [-0.4, -0.2) is 29.0 Å². The van der Waals surface area contributed by atoms with Gasteiger partial charge in [-0.05, 0) is 44.3 Å². The summed E-state index contributed by atoms with van der Waals surface area (Å²) in [6.07, 6.45) is 5.96. The molecule has 0 atom stereocenters. The lowest BCUT2D eigenvalue weighted by atomic mass is 9.92. The molecule has 3 rings (SSSR count). The van der Waals surface area contributed by atoms with Gasteiger partial charge in [-0.1, -0.05) is 18.2 Å². The number of rotatable bonds is 5. The van der Waals surface area contributed by atoms with Crippen LogP contribution in [0.25, 0.3) is 0 Å². The molecule has 1 saturated heterocycles. The van der Waals surface area contributed by atoms with Crippen LogP contribution in [-0.2, 0) is 13.0 Å². The van der Waals surface area contributed by atoms with E-state index < -0.39 is 0 Å². The molecule has 0 spiro atoms. The minimum absolute atomic E-state index is 0.146. The van der Waals surface area contributed by atoms with Crippen LogP contribution in [0.15, 0.2) is 36.8 Å². The summed E-state index contributed by atoms with van der Waals surface area (Å²) in [6.45, 7) is 2.16. The Bertz CT molecular complexity index is 701. The lowest BCUT2D eigenvalue weighted by molar-refractivity contribution is 0.0948. The zero-order chi connectivity index (χ0) is 16.8. The Labute approximate surface area is 140 Å². The lowest BCUT2D eigenvalue weighted by Gasteiger charge is -2.22. The molecular weight excluding hydrogens is 307 g/mol. The van der Waals surface area contributed by atoms with E-state index in [0.717, 1.165) is 38.0 Å². The smallest absolute Gasteiger partial charge is 0.254 e. The molecule has 1 fully saturated rings. The number of hydrogen-bond acceptors (Lipinski definition) is 4. The summed E-state index contributed by atoms with van der Waals surface area (Å²) < 4.78 is 13.6. The highest BCUT2D eigenvalue weighted by Gasteiger charge is 2.19. The molecule has 0 aliphatic carbocycles. The van der Waals surface area contributed by atoms with E-state index in [1.165, 1.54) is 12.4 Å². The normalized spacial score (nSPS) is 15.2. The first-order chi connectivity index (χ1) is 11.7. The van der Waals surface area contributed by atoms with Crippen LogP contribution in [0.5, 0.6) is 0 Å². The molecule has 2 N–H and O–H groups in total. The van der Waals surface area contributed by atoms with E-state index in [1.807, 2.05) is 0 Å². The van der Waals surface area contributed by atoms with Crippen LogP contribution < -0.4 is 10.6 Å². The lowest BCUT2D eigenvalue weighted by Crippen LogP contribution is -2.30. The second kappa shape index (κ2) is 7.97. The summed E-state index contributed by atoms with van der Waals surface area (Å²) in [4.78, 5) is 20.7. The van der Waals surface area contributed by atoms with E-state index in [9.17, 15) is 9.18 Å². The van der Waals surface area contributed by atoms with Crippen molar-refractivity contribution in [2.75, 3.05) is 13.1 Å². The summed E-state index contributed by atoms with van der Waals surface area (Å²) in [7, 11) is 0. The van der Waals surface area contributed by atoms with Crippen LogP contribution in [0.1, 0.15) is 34.5 Å². The Morgan fingerprint density at radius 2 is 2.08 bits per heavy atom. The Balaban J connectivity index is 1.67. The molecule has 1 amide bonds. The van der Waals surface area contributed by atoms with Gasteiger partial charge in [0.2, 0.25) is 0 Å². The number of aromatic nitrogens is 2. The highest BCUT2D eigenvalue weighted by Crippen LogP contribution is 2.18. The topological polar surface area (TPSA) is 66.9 Å². The minimum atomic E-state index is -0.322. The highest BCUT2D eigenvalue weighted by molar-refractivity contribution is 5.94. The van der Waals surface area contributed by atoms with Crippen molar-refractivity contribution < 1.29 is 9.18 Å². The second-order valence-electron chi connectivity index (χ2n) is 6.05. The average molecular weight is 328 g/mol. The van der Waals surface area contributed by atoms with Crippen molar-refractivity contribution in [3.05, 3.63) is 59.4 Å². The summed E-state index contributed by atoms with van der Waals surface area (Å²) in [5.74, 6) is -0.0564. The van der Waals surface area contributed by atoms with Crippen LogP contribution in [0, 0.1) is 11.7 Å². The minimum Gasteiger partial charge on any atom is -0.348 e. The van der Waals surface area contributed by atoms with E-state index in [4.69, 9.17) is 0 Å². The molecule has 1 aliphatic heterocycles. The molecule has 1 aromatic heterocycles. The molecule has 1 aliphatic rings. The van der Waals surface area contributed by atoms with Crippen molar-refractivity contribution >= 4 is 5.91 Å². The fourth-order valence-corrected chi connectivity index (χ4v) is 2.98. The number of piperidine rings is 1. The van der Waals surface area contributed by atoms with Gasteiger partial charge in [-0.3, -0.25) is 4.79 Å². The van der Waals surface area contributed by atoms with Crippen molar-refractivity contribution in [1.29, 1.82) is 0 Å². The number of carbonyl (C=O) groups excluding carboxylic acids is 1. The fourth-order valence-electron chi connectivity index (χ4n) is 2.98. The van der Waals surface area contributed by atoms with Crippen molar-refractivity contribution in [1.82, 2.24) is 20.6 Å². The first kappa shape index (κ1) is 16.5. The molecule has 0 radical (unpaired) electrons. The quantitative estimate of drug-likeness (QED) is 0.882. The molecule has 24 heavy (non-hydrogen) atoms. The summed E-state index contributed by atoms with van der Waals surface area (Å²) in [5, 5.41) is 6.10. The van der Waals surface area contributed by atoms with Gasteiger partial charge in [0.25, 0.3) is 5.91 Å². The molecule has 2 heterocycles. The number of amides is 1. The van der Waals surface area contributed by atoms with E-state index in [0.29, 0.717) is 17.0 Å². The van der Waals surface area contributed by atoms with Gasteiger partial charge in [0.15, 0.2) is 0 Å². The molecular formula is C18H21FN4O. The van der Waals surface area contributed by atoms with Crippen LogP contribution in [0.2, 0.25) is 0 Å². The third kappa shape index (κ3) is 4.14. The Morgan fingerprint density at radius 3 is 2.88 bits per heavy atom. The van der Waals surface area contributed by atoms with Crippen molar-refractivity contribution in [2.24, 2.45) is 5.92 Å². The van der Waals surface area contributed by atoms with E-state index >= 15 is 0 Å². The van der Waals surface area contributed by atoms with Gasteiger partial charge in [-0.2, -0.15) is 0 Å². The molecule has 5 nitrogen and oxygen atoms in total. The van der Waals surface area contributed by atoms with Crippen molar-refractivity contribution in [3.8, 4) is 0 Å². The molecule has 0 unspecified atom stereocenters. The predicted octanol–water partition coefficient (Wildman–Crippen LogP) is 2.09. The third-order valence-corrected chi connectivity index (χ3v) is 4.38. The second-order valence-corrected chi connectivity index (χ2v) is 6.05. The molecule has 2 aromatic rings. The molecule has 6 heteroatoms. The number of benzene rings is 1. The van der Waals surface area contributed by atoms with Gasteiger partial charge in [0.05, 0.1) is 11.3 Å². The number of halogens is 1. The maximum Gasteiger partial charge on any atom is 0.254 e. The van der Waals surface area contributed by atoms with Gasteiger partial charge < -0.3 is 10.6 Å². The maximum atomic E-state index is 13.6. The van der Waals surface area contributed by atoms with Crippen molar-refractivity contribution in [3.63, 3.8) is 0 Å². The first-order valence-electron chi connectivity index (χ1n) is 8.25. The molecule has 1 aromatic carbocycles. The van der Waals surface area contributed by atoms with Gasteiger partial charge in [0.1, 0.15) is 12.1 Å². The largest absolute Gasteiger partial charge is 0.348 e. The number of carbonyl (C=O) groups is 1. The van der Waals surface area contributed by atoms with Gasteiger partial charge in [0, 0.05) is 18.3 Å². The molecule has 0 bridgehead atoms. The average Bonchev–Trinajstić information content (AvgIpc) is 2.62. The van der Waals surface area contributed by atoms with Crippen LogP contribution in [0.3, 0.4) is 0 Å². The number of hydrogen-bond donors (Lipinski definition) is 2. The summed E-state index contributed by atoms with van der Waals surface area (Å²) in [6, 6.07) is 6.42. The molecule has 126 valence electrons. The highest BCUT2D eigenvalue weighted by atomic mass is 19.1. The molecule has 0 saturated carbocycles. The zero-order valence-corrected chi connectivity index (χ0v) is 13.5. The monoisotopic (exact) mass is 328 g/mol. The predicted molar refractivity (Wildman–Crippen MR) is 88.9 cm³/mol. The van der Waals surface area contributed by atoms with Crippen LogP contribution in [0.4, 0.5) is 4.39 Å². The maximum absolute atomic E-state index is 13.6. The Kier molecular flexibility index (Phi) is 5.48. The fraction of sp³-hybridized carbons (Fsp3) is 0.389. The number of nitrogens with one attached hydrogen (secondary N) is 2. The van der Waals surface area contributed by atoms with Gasteiger partial charge in [-0.25, -0.2) is 14.4 Å². The standard InChI is InChI=1S/C18H21FN4O/c19-16-4-2-1-3-14(16)10-22-18(24)15-11-21-12-23-17(15)9-13-5-7-20-8-6-13/h1-4,11-13,20H,5-10H2,(H,22,24).